The van der Waals surface area contributed by atoms with E-state index in [9.17, 15) is 0 Å². The van der Waals surface area contributed by atoms with E-state index in [2.05, 4.69) is 59.3 Å². The summed E-state index contributed by atoms with van der Waals surface area (Å²) in [7, 11) is 0. The summed E-state index contributed by atoms with van der Waals surface area (Å²) < 4.78 is 7.01. The molecule has 0 bridgehead atoms. The van der Waals surface area contributed by atoms with Crippen LogP contribution in [0.25, 0.3) is 0 Å². The summed E-state index contributed by atoms with van der Waals surface area (Å²) in [4.78, 5) is 1.40. The minimum Gasteiger partial charge on any atom is -0.492 e. The molecule has 2 aromatic carbocycles. The molecule has 0 amide bonds. The van der Waals surface area contributed by atoms with E-state index < -0.39 is 0 Å². The first kappa shape index (κ1) is 13.1. The van der Waals surface area contributed by atoms with Gasteiger partial charge in [0.05, 0.1) is 11.1 Å². The Labute approximate surface area is 126 Å². The lowest BCUT2D eigenvalue weighted by atomic mass is 10.0. The molecule has 0 spiro atoms. The number of hydrogen-bond acceptors (Lipinski definition) is 2. The van der Waals surface area contributed by atoms with Crippen LogP contribution in [0, 0.1) is 6.92 Å². The summed E-state index contributed by atoms with van der Waals surface area (Å²) >= 11 is 5.48. The van der Waals surface area contributed by atoms with E-state index in [-0.39, 0.29) is 0 Å². The topological polar surface area (TPSA) is 9.23 Å². The number of thioether (sulfide) groups is 1. The van der Waals surface area contributed by atoms with Gasteiger partial charge < -0.3 is 4.74 Å². The van der Waals surface area contributed by atoms with Crippen LogP contribution in [0.5, 0.6) is 5.75 Å². The molecule has 0 saturated heterocycles. The number of aryl methyl sites for hydroxylation is 1. The fraction of sp³-hybridized carbons (Fsp3) is 0.250. The van der Waals surface area contributed by atoms with Gasteiger partial charge in [-0.1, -0.05) is 24.3 Å². The van der Waals surface area contributed by atoms with Crippen LogP contribution in [0.4, 0.5) is 0 Å². The highest BCUT2D eigenvalue weighted by molar-refractivity contribution is 9.10. The van der Waals surface area contributed by atoms with Crippen molar-refractivity contribution in [1.29, 1.82) is 0 Å². The Balaban J connectivity index is 1.71. The Hall–Kier alpha value is -0.930. The molecule has 3 rings (SSSR count). The van der Waals surface area contributed by atoms with Crippen molar-refractivity contribution in [3.8, 4) is 5.75 Å². The minimum atomic E-state index is 0.495. The Morgan fingerprint density at radius 1 is 1.26 bits per heavy atom. The lowest BCUT2D eigenvalue weighted by Crippen LogP contribution is -2.10. The van der Waals surface area contributed by atoms with E-state index in [1.54, 1.807) is 0 Å². The van der Waals surface area contributed by atoms with E-state index in [0.717, 1.165) is 22.6 Å². The van der Waals surface area contributed by atoms with Gasteiger partial charge in [0, 0.05) is 16.6 Å². The third-order valence-electron chi connectivity index (χ3n) is 3.33. The molecule has 1 aliphatic rings. The van der Waals surface area contributed by atoms with E-state index in [0.29, 0.717) is 5.92 Å². The molecule has 98 valence electrons. The van der Waals surface area contributed by atoms with Crippen LogP contribution in [-0.2, 0) is 0 Å². The molecular weight excluding hydrogens is 320 g/mol. The quantitative estimate of drug-likeness (QED) is 0.778. The van der Waals surface area contributed by atoms with Crippen LogP contribution < -0.4 is 4.74 Å². The van der Waals surface area contributed by atoms with Crippen LogP contribution >= 0.6 is 27.7 Å². The van der Waals surface area contributed by atoms with Gasteiger partial charge in [-0.25, -0.2) is 0 Å². The molecule has 0 aromatic heterocycles. The second-order valence-electron chi connectivity index (χ2n) is 4.79. The maximum atomic E-state index is 5.97. The normalized spacial score (nSPS) is 17.3. The molecule has 2 aromatic rings. The van der Waals surface area contributed by atoms with Crippen molar-refractivity contribution < 1.29 is 4.74 Å². The Morgan fingerprint density at radius 3 is 2.95 bits per heavy atom. The van der Waals surface area contributed by atoms with Gasteiger partial charge in [-0.15, -0.1) is 11.8 Å². The van der Waals surface area contributed by atoms with E-state index in [1.165, 1.54) is 16.0 Å². The summed E-state index contributed by atoms with van der Waals surface area (Å²) in [5, 5.41) is 0. The third-order valence-corrected chi connectivity index (χ3v) is 5.20. The summed E-state index contributed by atoms with van der Waals surface area (Å²) in [6.45, 7) is 2.82. The molecule has 19 heavy (non-hydrogen) atoms. The second-order valence-corrected chi connectivity index (χ2v) is 6.71. The zero-order chi connectivity index (χ0) is 13.2. The van der Waals surface area contributed by atoms with Gasteiger partial charge >= 0.3 is 0 Å². The number of hydrogen-bond donors (Lipinski definition) is 0. The highest BCUT2D eigenvalue weighted by Crippen LogP contribution is 2.39. The predicted octanol–water partition coefficient (Wildman–Crippen LogP) is 5.03. The fourth-order valence-corrected chi connectivity index (χ4v) is 4.12. The SMILES string of the molecule is Cc1ccc(OCC2CSc3ccccc32)c(Br)c1. The largest absolute Gasteiger partial charge is 0.492 e. The Kier molecular flexibility index (Phi) is 3.85. The average Bonchev–Trinajstić information content (AvgIpc) is 2.81. The zero-order valence-corrected chi connectivity index (χ0v) is 13.1. The number of rotatable bonds is 3. The molecule has 1 heterocycles. The van der Waals surface area contributed by atoms with Crippen molar-refractivity contribution >= 4 is 27.7 Å². The smallest absolute Gasteiger partial charge is 0.133 e. The van der Waals surface area contributed by atoms with Crippen molar-refractivity contribution in [3.63, 3.8) is 0 Å². The molecule has 3 heteroatoms. The number of halogens is 1. The summed E-state index contributed by atoms with van der Waals surface area (Å²) in [5.74, 6) is 2.54. The monoisotopic (exact) mass is 334 g/mol. The van der Waals surface area contributed by atoms with Gasteiger partial charge in [0.15, 0.2) is 0 Å². The first-order valence-electron chi connectivity index (χ1n) is 6.35. The summed E-state index contributed by atoms with van der Waals surface area (Å²) in [5.41, 5.74) is 2.66. The molecule has 0 fully saturated rings. The maximum Gasteiger partial charge on any atom is 0.133 e. The van der Waals surface area contributed by atoms with Gasteiger partial charge in [0.2, 0.25) is 0 Å². The second kappa shape index (κ2) is 5.59. The van der Waals surface area contributed by atoms with Crippen molar-refractivity contribution in [1.82, 2.24) is 0 Å². The van der Waals surface area contributed by atoms with Crippen LogP contribution in [0.2, 0.25) is 0 Å². The predicted molar refractivity (Wildman–Crippen MR) is 84.3 cm³/mol. The van der Waals surface area contributed by atoms with Gasteiger partial charge in [-0.05, 0) is 52.2 Å². The minimum absolute atomic E-state index is 0.495. The van der Waals surface area contributed by atoms with Gasteiger partial charge in [0.1, 0.15) is 5.75 Å². The van der Waals surface area contributed by atoms with Crippen LogP contribution in [0.15, 0.2) is 51.8 Å². The van der Waals surface area contributed by atoms with Crippen molar-refractivity contribution in [2.75, 3.05) is 12.4 Å². The first-order chi connectivity index (χ1) is 9.24. The van der Waals surface area contributed by atoms with Crippen molar-refractivity contribution in [3.05, 3.63) is 58.1 Å². The van der Waals surface area contributed by atoms with Gasteiger partial charge in [0.25, 0.3) is 0 Å². The van der Waals surface area contributed by atoms with Crippen molar-refractivity contribution in [2.24, 2.45) is 0 Å². The summed E-state index contributed by atoms with van der Waals surface area (Å²) in [6.07, 6.45) is 0. The molecule has 0 N–H and O–H groups in total. The van der Waals surface area contributed by atoms with Gasteiger partial charge in [-0.3, -0.25) is 0 Å². The molecule has 1 nitrogen and oxygen atoms in total. The van der Waals surface area contributed by atoms with E-state index in [1.807, 2.05) is 17.8 Å². The summed E-state index contributed by atoms with van der Waals surface area (Å²) in [6, 6.07) is 14.8. The Morgan fingerprint density at radius 2 is 2.11 bits per heavy atom. The van der Waals surface area contributed by atoms with Crippen LogP contribution in [-0.4, -0.2) is 12.4 Å². The maximum absolute atomic E-state index is 5.97. The molecular formula is C16H15BrOS. The van der Waals surface area contributed by atoms with Gasteiger partial charge in [-0.2, -0.15) is 0 Å². The number of benzene rings is 2. The molecule has 1 unspecified atom stereocenters. The number of fused-ring (bicyclic) bond motifs is 1. The van der Waals surface area contributed by atoms with Crippen molar-refractivity contribution in [2.45, 2.75) is 17.7 Å². The standard InChI is InChI=1S/C16H15BrOS/c1-11-6-7-15(14(17)8-11)18-9-12-10-19-16-5-3-2-4-13(12)16/h2-8,12H,9-10H2,1H3. The molecule has 0 radical (unpaired) electrons. The highest BCUT2D eigenvalue weighted by Gasteiger charge is 2.23. The molecule has 0 saturated carbocycles. The number of ether oxygens (including phenoxy) is 1. The molecule has 0 aliphatic carbocycles. The lowest BCUT2D eigenvalue weighted by molar-refractivity contribution is 0.296. The van der Waals surface area contributed by atoms with Crippen LogP contribution in [0.3, 0.4) is 0 Å². The van der Waals surface area contributed by atoms with Crippen LogP contribution in [0.1, 0.15) is 17.0 Å². The molecule has 1 aliphatic heterocycles. The Bertz CT molecular complexity index is 597. The van der Waals surface area contributed by atoms with E-state index >= 15 is 0 Å². The first-order valence-corrected chi connectivity index (χ1v) is 8.12. The van der Waals surface area contributed by atoms with E-state index in [4.69, 9.17) is 4.74 Å². The third kappa shape index (κ3) is 2.82. The average molecular weight is 335 g/mol. The fourth-order valence-electron chi connectivity index (χ4n) is 2.28. The zero-order valence-electron chi connectivity index (χ0n) is 10.7. The molecule has 1 atom stereocenters. The highest BCUT2D eigenvalue weighted by atomic mass is 79.9. The lowest BCUT2D eigenvalue weighted by Gasteiger charge is -2.14.